The highest BCUT2D eigenvalue weighted by Crippen LogP contribution is 2.39. The van der Waals surface area contributed by atoms with Gasteiger partial charge in [0, 0.05) is 5.56 Å². The number of allylic oxidation sites excluding steroid dienone is 4. The van der Waals surface area contributed by atoms with Gasteiger partial charge in [0.15, 0.2) is 5.78 Å². The monoisotopic (exact) mass is 326 g/mol. The number of aryl methyl sites for hydroxylation is 1. The minimum absolute atomic E-state index is 0.105. The fourth-order valence-corrected chi connectivity index (χ4v) is 3.30. The number of rotatable bonds is 2. The molecule has 2 aliphatic rings. The van der Waals surface area contributed by atoms with Gasteiger partial charge >= 0.3 is 0 Å². The predicted molar refractivity (Wildman–Crippen MR) is 102 cm³/mol. The van der Waals surface area contributed by atoms with Crippen LogP contribution in [0.5, 0.6) is 0 Å². The molecule has 0 fully saturated rings. The van der Waals surface area contributed by atoms with E-state index in [2.05, 4.69) is 29.3 Å². The molecule has 0 aliphatic heterocycles. The summed E-state index contributed by atoms with van der Waals surface area (Å²) in [5, 5.41) is 8.79. The lowest BCUT2D eigenvalue weighted by atomic mass is 9.90. The van der Waals surface area contributed by atoms with Crippen LogP contribution in [0.2, 0.25) is 0 Å². The van der Waals surface area contributed by atoms with Crippen molar-refractivity contribution in [2.24, 2.45) is 16.1 Å². The van der Waals surface area contributed by atoms with Gasteiger partial charge in [0.05, 0.1) is 17.3 Å². The van der Waals surface area contributed by atoms with E-state index in [0.717, 1.165) is 28.0 Å². The Morgan fingerprint density at radius 2 is 1.72 bits per heavy atom. The van der Waals surface area contributed by atoms with E-state index in [1.165, 1.54) is 5.56 Å². The summed E-state index contributed by atoms with van der Waals surface area (Å²) in [6.07, 6.45) is 5.82. The van der Waals surface area contributed by atoms with Gasteiger partial charge in [0.2, 0.25) is 0 Å². The van der Waals surface area contributed by atoms with E-state index < -0.39 is 0 Å². The molecule has 0 radical (unpaired) electrons. The van der Waals surface area contributed by atoms with Crippen LogP contribution in [0.1, 0.15) is 34.0 Å². The van der Waals surface area contributed by atoms with E-state index in [9.17, 15) is 4.79 Å². The standard InChI is InChI=1S/C22H18N2O/c1-14-10-12-16(13-11-14)15(2)23-24-20-9-5-8-18-17-6-3-4-7-19(17)22(25)21(18)20/h3-13,21H,1-2H3. The second-order valence-electron chi connectivity index (χ2n) is 6.40. The maximum Gasteiger partial charge on any atom is 0.177 e. The Hall–Kier alpha value is -3.07. The lowest BCUT2D eigenvalue weighted by Crippen LogP contribution is -2.20. The summed E-state index contributed by atoms with van der Waals surface area (Å²) in [4.78, 5) is 12.8. The Kier molecular flexibility index (Phi) is 3.77. The number of Topliss-reactive ketones (excluding diaryl/α,β-unsaturated/α-hetero) is 1. The van der Waals surface area contributed by atoms with Gasteiger partial charge in [-0.2, -0.15) is 10.2 Å². The molecule has 3 nitrogen and oxygen atoms in total. The van der Waals surface area contributed by atoms with Gasteiger partial charge in [-0.05, 0) is 36.6 Å². The van der Waals surface area contributed by atoms with Crippen LogP contribution in [0.3, 0.4) is 0 Å². The Bertz CT molecular complexity index is 975. The largest absolute Gasteiger partial charge is 0.293 e. The SMILES string of the molecule is CC(=NN=C1C=CC=C2c3ccccc3C(=O)C21)c1ccc(C)cc1. The number of hydrogen-bond donors (Lipinski definition) is 0. The van der Waals surface area contributed by atoms with Crippen molar-refractivity contribution in [3.05, 3.63) is 89.0 Å². The molecule has 0 bridgehead atoms. The highest BCUT2D eigenvalue weighted by molar-refractivity contribution is 6.29. The molecular formula is C22H18N2O. The third-order valence-electron chi connectivity index (χ3n) is 4.70. The molecule has 0 aromatic heterocycles. The van der Waals surface area contributed by atoms with Crippen molar-refractivity contribution in [1.82, 2.24) is 0 Å². The Labute approximate surface area is 147 Å². The molecule has 0 amide bonds. The van der Waals surface area contributed by atoms with Crippen LogP contribution in [0.25, 0.3) is 5.57 Å². The number of benzene rings is 2. The van der Waals surface area contributed by atoms with Crippen LogP contribution in [-0.2, 0) is 0 Å². The highest BCUT2D eigenvalue weighted by Gasteiger charge is 2.38. The van der Waals surface area contributed by atoms with Gasteiger partial charge in [-0.3, -0.25) is 4.79 Å². The first kappa shape index (κ1) is 15.5. The summed E-state index contributed by atoms with van der Waals surface area (Å²) in [6.45, 7) is 3.99. The van der Waals surface area contributed by atoms with Crippen LogP contribution >= 0.6 is 0 Å². The van der Waals surface area contributed by atoms with Crippen molar-refractivity contribution in [2.75, 3.05) is 0 Å². The first-order valence-corrected chi connectivity index (χ1v) is 8.36. The third-order valence-corrected chi connectivity index (χ3v) is 4.70. The van der Waals surface area contributed by atoms with Gasteiger partial charge in [-0.1, -0.05) is 66.2 Å². The molecule has 122 valence electrons. The highest BCUT2D eigenvalue weighted by atomic mass is 16.1. The van der Waals surface area contributed by atoms with Gasteiger partial charge in [-0.15, -0.1) is 0 Å². The van der Waals surface area contributed by atoms with Crippen molar-refractivity contribution < 1.29 is 4.79 Å². The van der Waals surface area contributed by atoms with Crippen molar-refractivity contribution >= 4 is 22.8 Å². The number of ketones is 1. The summed E-state index contributed by atoms with van der Waals surface area (Å²) < 4.78 is 0. The molecule has 0 saturated carbocycles. The molecule has 1 atom stereocenters. The van der Waals surface area contributed by atoms with Crippen LogP contribution in [0, 0.1) is 12.8 Å². The first-order chi connectivity index (χ1) is 12.1. The lowest BCUT2D eigenvalue weighted by molar-refractivity contribution is 0.0983. The molecule has 25 heavy (non-hydrogen) atoms. The summed E-state index contributed by atoms with van der Waals surface area (Å²) in [7, 11) is 0. The maximum absolute atomic E-state index is 12.8. The normalized spacial score (nSPS) is 20.5. The second-order valence-corrected chi connectivity index (χ2v) is 6.40. The maximum atomic E-state index is 12.8. The molecule has 0 heterocycles. The average Bonchev–Trinajstić information content (AvgIpc) is 2.94. The Balaban J connectivity index is 1.68. The lowest BCUT2D eigenvalue weighted by Gasteiger charge is -2.13. The zero-order valence-corrected chi connectivity index (χ0v) is 14.2. The minimum Gasteiger partial charge on any atom is -0.293 e. The molecule has 0 N–H and O–H groups in total. The minimum atomic E-state index is -0.336. The first-order valence-electron chi connectivity index (χ1n) is 8.36. The summed E-state index contributed by atoms with van der Waals surface area (Å²) in [6, 6.07) is 15.9. The van der Waals surface area contributed by atoms with E-state index in [0.29, 0.717) is 5.71 Å². The van der Waals surface area contributed by atoms with Crippen molar-refractivity contribution in [2.45, 2.75) is 13.8 Å². The molecule has 2 aromatic rings. The molecule has 0 saturated heterocycles. The summed E-state index contributed by atoms with van der Waals surface area (Å²) >= 11 is 0. The molecule has 2 aromatic carbocycles. The van der Waals surface area contributed by atoms with Crippen molar-refractivity contribution in [1.29, 1.82) is 0 Å². The fraction of sp³-hybridized carbons (Fsp3) is 0.136. The van der Waals surface area contributed by atoms with Crippen LogP contribution < -0.4 is 0 Å². The zero-order valence-electron chi connectivity index (χ0n) is 14.2. The van der Waals surface area contributed by atoms with Crippen LogP contribution in [-0.4, -0.2) is 17.2 Å². The van der Waals surface area contributed by atoms with Gasteiger partial charge in [0.25, 0.3) is 0 Å². The van der Waals surface area contributed by atoms with Crippen molar-refractivity contribution in [3.63, 3.8) is 0 Å². The molecule has 2 aliphatic carbocycles. The molecule has 0 spiro atoms. The summed E-state index contributed by atoms with van der Waals surface area (Å²) in [5.74, 6) is -0.231. The fourth-order valence-electron chi connectivity index (χ4n) is 3.30. The number of fused-ring (bicyclic) bond motifs is 3. The van der Waals surface area contributed by atoms with E-state index in [1.807, 2.05) is 61.5 Å². The van der Waals surface area contributed by atoms with Crippen molar-refractivity contribution in [3.8, 4) is 0 Å². The Morgan fingerprint density at radius 1 is 1.00 bits per heavy atom. The van der Waals surface area contributed by atoms with Gasteiger partial charge in [0.1, 0.15) is 0 Å². The molecule has 3 heteroatoms. The topological polar surface area (TPSA) is 41.8 Å². The smallest absolute Gasteiger partial charge is 0.177 e. The van der Waals surface area contributed by atoms with E-state index in [1.54, 1.807) is 0 Å². The average molecular weight is 326 g/mol. The number of carbonyl (C=O) groups is 1. The Morgan fingerprint density at radius 3 is 2.48 bits per heavy atom. The number of nitrogens with zero attached hydrogens (tertiary/aromatic N) is 2. The third kappa shape index (κ3) is 2.68. The molecular weight excluding hydrogens is 308 g/mol. The number of carbonyl (C=O) groups excluding carboxylic acids is 1. The quantitative estimate of drug-likeness (QED) is 0.586. The molecule has 1 unspecified atom stereocenters. The summed E-state index contributed by atoms with van der Waals surface area (Å²) in [5.41, 5.74) is 6.58. The van der Waals surface area contributed by atoms with Gasteiger partial charge in [-0.25, -0.2) is 0 Å². The van der Waals surface area contributed by atoms with Crippen LogP contribution in [0.4, 0.5) is 0 Å². The molecule has 4 rings (SSSR count). The van der Waals surface area contributed by atoms with E-state index in [-0.39, 0.29) is 11.7 Å². The number of hydrogen-bond acceptors (Lipinski definition) is 3. The second kappa shape index (κ2) is 6.10. The predicted octanol–water partition coefficient (Wildman–Crippen LogP) is 4.63. The van der Waals surface area contributed by atoms with Gasteiger partial charge < -0.3 is 0 Å². The van der Waals surface area contributed by atoms with E-state index in [4.69, 9.17) is 0 Å². The van der Waals surface area contributed by atoms with Crippen LogP contribution in [0.15, 0.2) is 77.0 Å². The van der Waals surface area contributed by atoms with E-state index >= 15 is 0 Å². The zero-order chi connectivity index (χ0) is 17.4.